The van der Waals surface area contributed by atoms with Gasteiger partial charge in [0.15, 0.2) is 11.1 Å². The molecule has 6 rings (SSSR count). The molecule has 0 aliphatic heterocycles. The second-order valence-corrected chi connectivity index (χ2v) is 8.47. The van der Waals surface area contributed by atoms with Gasteiger partial charge >= 0.3 is 0 Å². The summed E-state index contributed by atoms with van der Waals surface area (Å²) in [5.74, 6) is 1.71. The number of halogens is 1. The molecule has 0 amide bonds. The van der Waals surface area contributed by atoms with E-state index in [2.05, 4.69) is 20.4 Å². The molecular formula is C27H18ClN5O3. The molecule has 0 saturated heterocycles. The van der Waals surface area contributed by atoms with Crippen molar-refractivity contribution in [1.82, 2.24) is 19.7 Å². The van der Waals surface area contributed by atoms with E-state index in [9.17, 15) is 4.79 Å². The Morgan fingerprint density at radius 2 is 1.83 bits per heavy atom. The molecule has 0 unspecified atom stereocenters. The molecule has 36 heavy (non-hydrogen) atoms. The highest BCUT2D eigenvalue weighted by Crippen LogP contribution is 2.28. The molecule has 8 nitrogen and oxygen atoms in total. The van der Waals surface area contributed by atoms with E-state index in [0.29, 0.717) is 39.0 Å². The molecule has 3 aromatic heterocycles. The topological polar surface area (TPSA) is 95.1 Å². The SMILES string of the molecule is COc1ccc2oc(-c3ccc(Nc4ncnc5c4cnn5-c4cccc(Cl)c4)cc3)cc(=O)c2c1. The highest BCUT2D eigenvalue weighted by molar-refractivity contribution is 6.30. The summed E-state index contributed by atoms with van der Waals surface area (Å²) in [6.07, 6.45) is 3.20. The van der Waals surface area contributed by atoms with E-state index in [0.717, 1.165) is 22.3 Å². The summed E-state index contributed by atoms with van der Waals surface area (Å²) in [6.45, 7) is 0. The molecule has 0 fully saturated rings. The predicted octanol–water partition coefficient (Wildman–Crippen LogP) is 5.99. The third-order valence-electron chi connectivity index (χ3n) is 5.79. The Kier molecular flexibility index (Phi) is 5.35. The number of nitrogens with zero attached hydrogens (tertiary/aromatic N) is 4. The van der Waals surface area contributed by atoms with Gasteiger partial charge in [-0.1, -0.05) is 17.7 Å². The van der Waals surface area contributed by atoms with Crippen molar-refractivity contribution in [3.05, 3.63) is 101 Å². The first kappa shape index (κ1) is 21.8. The van der Waals surface area contributed by atoms with Gasteiger partial charge in [-0.3, -0.25) is 4.79 Å². The van der Waals surface area contributed by atoms with Gasteiger partial charge in [-0.15, -0.1) is 0 Å². The molecule has 1 N–H and O–H groups in total. The van der Waals surface area contributed by atoms with Crippen LogP contribution in [0.1, 0.15) is 0 Å². The van der Waals surface area contributed by atoms with Crippen LogP contribution in [0.25, 0.3) is 39.0 Å². The molecule has 6 aromatic rings. The maximum absolute atomic E-state index is 12.6. The molecule has 3 aromatic carbocycles. The summed E-state index contributed by atoms with van der Waals surface area (Å²) < 4.78 is 12.9. The van der Waals surface area contributed by atoms with Gasteiger partial charge in [0.2, 0.25) is 0 Å². The number of methoxy groups -OCH3 is 1. The number of anilines is 2. The average Bonchev–Trinajstić information content (AvgIpc) is 3.34. The summed E-state index contributed by atoms with van der Waals surface area (Å²) in [7, 11) is 1.56. The normalized spacial score (nSPS) is 11.2. The fourth-order valence-electron chi connectivity index (χ4n) is 4.00. The molecule has 9 heteroatoms. The Bertz CT molecular complexity index is 1790. The van der Waals surface area contributed by atoms with Crippen LogP contribution in [-0.4, -0.2) is 26.9 Å². The van der Waals surface area contributed by atoms with E-state index in [1.54, 1.807) is 36.2 Å². The first-order valence-electron chi connectivity index (χ1n) is 11.0. The Labute approximate surface area is 209 Å². The molecular weight excluding hydrogens is 478 g/mol. The van der Waals surface area contributed by atoms with Crippen molar-refractivity contribution in [3.63, 3.8) is 0 Å². The van der Waals surface area contributed by atoms with Gasteiger partial charge in [0, 0.05) is 22.3 Å². The van der Waals surface area contributed by atoms with Gasteiger partial charge in [0.25, 0.3) is 0 Å². The smallest absolute Gasteiger partial charge is 0.193 e. The van der Waals surface area contributed by atoms with Gasteiger partial charge in [0.1, 0.15) is 29.2 Å². The van der Waals surface area contributed by atoms with Crippen LogP contribution in [0.5, 0.6) is 5.75 Å². The van der Waals surface area contributed by atoms with Crippen LogP contribution in [0, 0.1) is 0 Å². The maximum Gasteiger partial charge on any atom is 0.193 e. The lowest BCUT2D eigenvalue weighted by Crippen LogP contribution is -2.01. The Morgan fingerprint density at radius 1 is 0.972 bits per heavy atom. The van der Waals surface area contributed by atoms with Gasteiger partial charge in [0.05, 0.1) is 29.8 Å². The lowest BCUT2D eigenvalue weighted by molar-refractivity contribution is 0.415. The highest BCUT2D eigenvalue weighted by Gasteiger charge is 2.13. The van der Waals surface area contributed by atoms with Crippen LogP contribution >= 0.6 is 11.6 Å². The second kappa shape index (κ2) is 8.83. The van der Waals surface area contributed by atoms with E-state index in [1.807, 2.05) is 48.5 Å². The fraction of sp³-hybridized carbons (Fsp3) is 0.0370. The van der Waals surface area contributed by atoms with Gasteiger partial charge in [-0.25, -0.2) is 14.6 Å². The van der Waals surface area contributed by atoms with Crippen molar-refractivity contribution in [3.8, 4) is 22.8 Å². The second-order valence-electron chi connectivity index (χ2n) is 8.04. The van der Waals surface area contributed by atoms with Gasteiger partial charge < -0.3 is 14.5 Å². The highest BCUT2D eigenvalue weighted by atomic mass is 35.5. The fourth-order valence-corrected chi connectivity index (χ4v) is 4.18. The van der Waals surface area contributed by atoms with Crippen LogP contribution in [0.4, 0.5) is 11.5 Å². The number of hydrogen-bond donors (Lipinski definition) is 1. The molecule has 3 heterocycles. The van der Waals surface area contributed by atoms with Gasteiger partial charge in [-0.05, 0) is 60.7 Å². The molecule has 0 radical (unpaired) electrons. The van der Waals surface area contributed by atoms with Crippen LogP contribution in [0.2, 0.25) is 5.02 Å². The standard InChI is InChI=1S/C27H18ClN5O3/c1-35-20-9-10-24-21(12-20)23(34)13-25(36-24)16-5-7-18(8-6-16)32-26-22-14-31-33(27(22)30-15-29-26)19-4-2-3-17(28)11-19/h2-15H,1H3,(H,29,30,32). The van der Waals surface area contributed by atoms with Crippen molar-refractivity contribution in [2.75, 3.05) is 12.4 Å². The monoisotopic (exact) mass is 495 g/mol. The first-order chi connectivity index (χ1) is 17.6. The summed E-state index contributed by atoms with van der Waals surface area (Å²) in [6, 6.07) is 21.6. The van der Waals surface area contributed by atoms with Crippen LogP contribution in [-0.2, 0) is 0 Å². The average molecular weight is 496 g/mol. The summed E-state index contributed by atoms with van der Waals surface area (Å²) in [4.78, 5) is 21.4. The minimum atomic E-state index is -0.132. The number of ether oxygens (including phenoxy) is 1. The van der Waals surface area contributed by atoms with Crippen molar-refractivity contribution in [2.45, 2.75) is 0 Å². The third-order valence-corrected chi connectivity index (χ3v) is 6.02. The lowest BCUT2D eigenvalue weighted by atomic mass is 10.1. The van der Waals surface area contributed by atoms with E-state index in [1.165, 1.54) is 12.4 Å². The summed E-state index contributed by atoms with van der Waals surface area (Å²) in [5, 5.41) is 9.64. The third kappa shape index (κ3) is 3.93. The van der Waals surface area contributed by atoms with E-state index >= 15 is 0 Å². The zero-order valence-corrected chi connectivity index (χ0v) is 19.7. The zero-order valence-electron chi connectivity index (χ0n) is 19.0. The van der Waals surface area contributed by atoms with Crippen molar-refractivity contribution < 1.29 is 9.15 Å². The Hall–Kier alpha value is -4.69. The minimum Gasteiger partial charge on any atom is -0.497 e. The van der Waals surface area contributed by atoms with Crippen molar-refractivity contribution >= 4 is 45.1 Å². The largest absolute Gasteiger partial charge is 0.497 e. The molecule has 176 valence electrons. The van der Waals surface area contributed by atoms with E-state index in [-0.39, 0.29) is 5.43 Å². The summed E-state index contributed by atoms with van der Waals surface area (Å²) in [5.41, 5.74) is 3.41. The number of fused-ring (bicyclic) bond motifs is 2. The zero-order chi connectivity index (χ0) is 24.6. The van der Waals surface area contributed by atoms with Crippen LogP contribution < -0.4 is 15.5 Å². The van der Waals surface area contributed by atoms with Gasteiger partial charge in [-0.2, -0.15) is 5.10 Å². The molecule has 0 aliphatic carbocycles. The number of rotatable bonds is 5. The number of nitrogens with one attached hydrogen (secondary N) is 1. The lowest BCUT2D eigenvalue weighted by Gasteiger charge is -2.09. The Morgan fingerprint density at radius 3 is 2.64 bits per heavy atom. The molecule has 0 saturated carbocycles. The predicted molar refractivity (Wildman–Crippen MR) is 139 cm³/mol. The molecule has 0 spiro atoms. The van der Waals surface area contributed by atoms with E-state index < -0.39 is 0 Å². The van der Waals surface area contributed by atoms with Crippen molar-refractivity contribution in [1.29, 1.82) is 0 Å². The number of hydrogen-bond acceptors (Lipinski definition) is 7. The minimum absolute atomic E-state index is 0.132. The molecule has 0 bridgehead atoms. The van der Waals surface area contributed by atoms with Crippen molar-refractivity contribution in [2.24, 2.45) is 0 Å². The first-order valence-corrected chi connectivity index (χ1v) is 11.4. The molecule has 0 aliphatic rings. The Balaban J connectivity index is 1.30. The number of aromatic nitrogens is 4. The number of benzene rings is 3. The van der Waals surface area contributed by atoms with E-state index in [4.69, 9.17) is 20.8 Å². The maximum atomic E-state index is 12.6. The summed E-state index contributed by atoms with van der Waals surface area (Å²) >= 11 is 6.14. The van der Waals surface area contributed by atoms with Crippen LogP contribution in [0.15, 0.2) is 94.5 Å². The molecule has 0 atom stereocenters. The quantitative estimate of drug-likeness (QED) is 0.313. The van der Waals surface area contributed by atoms with Crippen LogP contribution in [0.3, 0.4) is 0 Å².